The van der Waals surface area contributed by atoms with Crippen LogP contribution >= 0.6 is 0 Å². The Kier molecular flexibility index (Phi) is 2.73. The third-order valence-corrected chi connectivity index (χ3v) is 1.86. The largest absolute Gasteiger partial charge is 0.433 e. The van der Waals surface area contributed by atoms with Crippen molar-refractivity contribution in [1.82, 2.24) is 4.98 Å². The molecule has 2 aromatic heterocycles. The zero-order chi connectivity index (χ0) is 11.4. The lowest BCUT2D eigenvalue weighted by Gasteiger charge is -2.06. The van der Waals surface area contributed by atoms with Crippen LogP contribution in [0.1, 0.15) is 0 Å². The monoisotopic (exact) mass is 216 g/mol. The van der Waals surface area contributed by atoms with Crippen LogP contribution in [-0.2, 0) is 0 Å². The lowest BCUT2D eigenvalue weighted by molar-refractivity contribution is -0.619. The maximum Gasteiger partial charge on any atom is 0.265 e. The van der Waals surface area contributed by atoms with E-state index in [0.29, 0.717) is 5.82 Å². The molecule has 0 bridgehead atoms. The van der Waals surface area contributed by atoms with Crippen LogP contribution in [0.2, 0.25) is 0 Å². The number of nitrogens with zero attached hydrogens (tertiary/aromatic N) is 4. The van der Waals surface area contributed by atoms with Crippen LogP contribution in [0.5, 0.6) is 0 Å². The fourth-order valence-electron chi connectivity index (χ4n) is 1.12. The zero-order valence-corrected chi connectivity index (χ0v) is 8.22. The number of pyridine rings is 2. The number of nitro groups is 1. The Labute approximate surface area is 91.3 Å². The summed E-state index contributed by atoms with van der Waals surface area (Å²) in [6.07, 6.45) is 4.69. The summed E-state index contributed by atoms with van der Waals surface area (Å²) < 4.78 is 1.58. The van der Waals surface area contributed by atoms with E-state index in [0.717, 1.165) is 0 Å². The Morgan fingerprint density at radius 1 is 1.25 bits per heavy atom. The smallest absolute Gasteiger partial charge is 0.265 e. The molecule has 2 rings (SSSR count). The molecule has 16 heavy (non-hydrogen) atoms. The van der Waals surface area contributed by atoms with Gasteiger partial charge in [0.15, 0.2) is 12.4 Å². The van der Waals surface area contributed by atoms with E-state index in [2.05, 4.69) is 10.4 Å². The van der Waals surface area contributed by atoms with Gasteiger partial charge in [-0.25, -0.2) is 0 Å². The SMILES string of the molecule is O=[N+]([O-])c1ccc([N-][n+]2ccccc2)nc1. The van der Waals surface area contributed by atoms with E-state index >= 15 is 0 Å². The first-order valence-electron chi connectivity index (χ1n) is 4.54. The van der Waals surface area contributed by atoms with Crippen molar-refractivity contribution in [3.63, 3.8) is 0 Å². The molecule has 6 heteroatoms. The van der Waals surface area contributed by atoms with Gasteiger partial charge in [0.05, 0.1) is 4.92 Å². The fourth-order valence-corrected chi connectivity index (χ4v) is 1.12. The summed E-state index contributed by atoms with van der Waals surface area (Å²) in [6.45, 7) is 0. The molecule has 0 saturated heterocycles. The van der Waals surface area contributed by atoms with Gasteiger partial charge < -0.3 is 4.98 Å². The molecule has 0 unspecified atom stereocenters. The van der Waals surface area contributed by atoms with Crippen molar-refractivity contribution in [2.75, 3.05) is 0 Å². The predicted molar refractivity (Wildman–Crippen MR) is 55.9 cm³/mol. The Hall–Kier alpha value is -2.50. The molecule has 0 spiro atoms. The van der Waals surface area contributed by atoms with Gasteiger partial charge in [-0.2, -0.15) is 10.1 Å². The van der Waals surface area contributed by atoms with Gasteiger partial charge >= 0.3 is 0 Å². The van der Waals surface area contributed by atoms with E-state index in [1.807, 2.05) is 18.2 Å². The lowest BCUT2D eigenvalue weighted by atomic mass is 10.4. The van der Waals surface area contributed by atoms with E-state index in [4.69, 9.17) is 0 Å². The average molecular weight is 216 g/mol. The minimum Gasteiger partial charge on any atom is -0.433 e. The van der Waals surface area contributed by atoms with E-state index in [1.165, 1.54) is 18.3 Å². The fraction of sp³-hybridized carbons (Fsp3) is 0. The Morgan fingerprint density at radius 2 is 2.00 bits per heavy atom. The van der Waals surface area contributed by atoms with Gasteiger partial charge in [-0.3, -0.25) is 10.1 Å². The van der Waals surface area contributed by atoms with Crippen LogP contribution in [-0.4, -0.2) is 9.91 Å². The second-order valence-corrected chi connectivity index (χ2v) is 2.99. The molecule has 0 aromatic carbocycles. The normalized spacial score (nSPS) is 9.75. The summed E-state index contributed by atoms with van der Waals surface area (Å²) in [7, 11) is 0. The van der Waals surface area contributed by atoms with Gasteiger partial charge in [-0.1, -0.05) is 12.1 Å². The van der Waals surface area contributed by atoms with Crippen molar-refractivity contribution in [1.29, 1.82) is 0 Å². The van der Waals surface area contributed by atoms with Crippen LogP contribution in [0.3, 0.4) is 0 Å². The first-order valence-corrected chi connectivity index (χ1v) is 4.54. The van der Waals surface area contributed by atoms with E-state index in [9.17, 15) is 10.1 Å². The summed E-state index contributed by atoms with van der Waals surface area (Å²) in [4.78, 5) is 13.8. The highest BCUT2D eigenvalue weighted by Gasteiger charge is 2.01. The summed E-state index contributed by atoms with van der Waals surface area (Å²) in [5, 5.41) is 10.4. The van der Waals surface area contributed by atoms with E-state index in [1.54, 1.807) is 17.1 Å². The van der Waals surface area contributed by atoms with E-state index < -0.39 is 4.92 Å². The molecular formula is C10H8N4O2. The number of rotatable bonds is 3. The third kappa shape index (κ3) is 2.30. The summed E-state index contributed by atoms with van der Waals surface area (Å²) in [5.41, 5.74) is 4.08. The molecule has 0 saturated carbocycles. The van der Waals surface area contributed by atoms with Crippen LogP contribution < -0.4 is 4.68 Å². The standard InChI is InChI=1S/C10H8N4O2/c15-14(16)9-4-5-10(11-8-9)12-13-6-2-1-3-7-13/h1-8H. The molecule has 0 aliphatic carbocycles. The minimum atomic E-state index is -0.494. The second-order valence-electron chi connectivity index (χ2n) is 2.99. The molecule has 0 atom stereocenters. The molecule has 2 heterocycles. The van der Waals surface area contributed by atoms with Crippen LogP contribution in [0.4, 0.5) is 11.5 Å². The molecule has 80 valence electrons. The molecule has 6 nitrogen and oxygen atoms in total. The molecule has 0 aliphatic heterocycles. The molecule has 0 fully saturated rings. The predicted octanol–water partition coefficient (Wildman–Crippen LogP) is 1.75. The van der Waals surface area contributed by atoms with E-state index in [-0.39, 0.29) is 5.69 Å². The Bertz CT molecular complexity index is 484. The quantitative estimate of drug-likeness (QED) is 0.445. The molecular weight excluding hydrogens is 208 g/mol. The van der Waals surface area contributed by atoms with Crippen LogP contribution in [0, 0.1) is 10.1 Å². The highest BCUT2D eigenvalue weighted by molar-refractivity contribution is 5.41. The molecule has 0 amide bonds. The van der Waals surface area contributed by atoms with Crippen LogP contribution in [0.25, 0.3) is 5.43 Å². The first-order chi connectivity index (χ1) is 7.75. The third-order valence-electron chi connectivity index (χ3n) is 1.86. The van der Waals surface area contributed by atoms with Gasteiger partial charge in [-0.05, 0) is 0 Å². The topological polar surface area (TPSA) is 74.0 Å². The Balaban J connectivity index is 2.14. The maximum absolute atomic E-state index is 10.4. The van der Waals surface area contributed by atoms with Gasteiger partial charge in [-0.15, -0.1) is 0 Å². The van der Waals surface area contributed by atoms with Gasteiger partial charge in [0.2, 0.25) is 0 Å². The van der Waals surface area contributed by atoms with Gasteiger partial charge in [0, 0.05) is 30.2 Å². The van der Waals surface area contributed by atoms with Crippen molar-refractivity contribution < 1.29 is 9.60 Å². The highest BCUT2D eigenvalue weighted by atomic mass is 16.6. The number of aromatic nitrogens is 2. The number of hydrogen-bond acceptors (Lipinski definition) is 3. The van der Waals surface area contributed by atoms with Crippen molar-refractivity contribution in [2.24, 2.45) is 0 Å². The van der Waals surface area contributed by atoms with Crippen molar-refractivity contribution in [2.45, 2.75) is 0 Å². The van der Waals surface area contributed by atoms with Gasteiger partial charge in [0.1, 0.15) is 0 Å². The summed E-state index contributed by atoms with van der Waals surface area (Å²) >= 11 is 0. The zero-order valence-electron chi connectivity index (χ0n) is 8.22. The Morgan fingerprint density at radius 3 is 2.56 bits per heavy atom. The van der Waals surface area contributed by atoms with Crippen molar-refractivity contribution >= 4 is 11.5 Å². The summed E-state index contributed by atoms with van der Waals surface area (Å²) in [5.74, 6) is 0.418. The molecule has 0 aliphatic rings. The highest BCUT2D eigenvalue weighted by Crippen LogP contribution is 2.15. The maximum atomic E-state index is 10.4. The number of hydrogen-bond donors (Lipinski definition) is 0. The van der Waals surface area contributed by atoms with Gasteiger partial charge in [0.25, 0.3) is 5.69 Å². The van der Waals surface area contributed by atoms with Crippen molar-refractivity contribution in [3.8, 4) is 0 Å². The molecule has 0 N–H and O–H groups in total. The minimum absolute atomic E-state index is 0.0444. The van der Waals surface area contributed by atoms with Crippen molar-refractivity contribution in [3.05, 3.63) is 64.5 Å². The average Bonchev–Trinajstić information content (AvgIpc) is 2.31. The molecule has 0 radical (unpaired) electrons. The second kappa shape index (κ2) is 4.35. The van der Waals surface area contributed by atoms with Crippen LogP contribution in [0.15, 0.2) is 48.9 Å². The lowest BCUT2D eigenvalue weighted by Crippen LogP contribution is -2.26. The first kappa shape index (κ1) is 10.0. The molecule has 2 aromatic rings. The summed E-state index contributed by atoms with van der Waals surface area (Å²) in [6, 6.07) is 8.40.